The second-order valence-electron chi connectivity index (χ2n) is 4.76. The largest absolute Gasteiger partial charge is 0.253 e. The first-order chi connectivity index (χ1) is 10.4. The number of rotatable bonds is 2. The van der Waals surface area contributed by atoms with Gasteiger partial charge < -0.3 is 0 Å². The minimum absolute atomic E-state index is 0.902. The normalized spacial score (nSPS) is 10.9. The van der Waals surface area contributed by atoms with Crippen LogP contribution < -0.4 is 0 Å². The summed E-state index contributed by atoms with van der Waals surface area (Å²) in [5.41, 5.74) is 5.10. The zero-order chi connectivity index (χ0) is 14.1. The number of nitrogens with zero attached hydrogens (tertiary/aromatic N) is 4. The van der Waals surface area contributed by atoms with Crippen molar-refractivity contribution in [2.24, 2.45) is 0 Å². The molecule has 21 heavy (non-hydrogen) atoms. The van der Waals surface area contributed by atoms with E-state index in [0.29, 0.717) is 0 Å². The first-order valence-electron chi connectivity index (χ1n) is 6.71. The van der Waals surface area contributed by atoms with Crippen LogP contribution in [0.5, 0.6) is 0 Å². The summed E-state index contributed by atoms with van der Waals surface area (Å²) in [6.07, 6.45) is 7.13. The van der Waals surface area contributed by atoms with Gasteiger partial charge in [-0.2, -0.15) is 5.10 Å². The number of aromatic nitrogens is 4. The van der Waals surface area contributed by atoms with E-state index >= 15 is 0 Å². The van der Waals surface area contributed by atoms with Gasteiger partial charge in [0.2, 0.25) is 0 Å². The molecule has 0 fully saturated rings. The molecule has 2 aromatic carbocycles. The lowest BCUT2D eigenvalue weighted by Gasteiger charge is -2.06. The Morgan fingerprint density at radius 1 is 0.714 bits per heavy atom. The van der Waals surface area contributed by atoms with Crippen molar-refractivity contribution < 1.29 is 0 Å². The number of fused-ring (bicyclic) bond motifs is 1. The van der Waals surface area contributed by atoms with Gasteiger partial charge in [-0.1, -0.05) is 18.2 Å². The van der Waals surface area contributed by atoms with Crippen molar-refractivity contribution in [1.82, 2.24) is 19.7 Å². The second kappa shape index (κ2) is 4.83. The standard InChI is InChI=1S/C17H12N4/c1-3-13(11-15(4-1)21-10-2-7-20-21)14-5-6-16-17(12-14)19-9-8-18-16/h1-12H. The van der Waals surface area contributed by atoms with Crippen LogP contribution in [0.3, 0.4) is 0 Å². The fourth-order valence-electron chi connectivity index (χ4n) is 2.39. The number of benzene rings is 2. The van der Waals surface area contributed by atoms with Gasteiger partial charge in [0.1, 0.15) is 0 Å². The van der Waals surface area contributed by atoms with E-state index < -0.39 is 0 Å². The van der Waals surface area contributed by atoms with Crippen LogP contribution in [-0.2, 0) is 0 Å². The predicted octanol–water partition coefficient (Wildman–Crippen LogP) is 3.48. The van der Waals surface area contributed by atoms with E-state index in [2.05, 4.69) is 39.3 Å². The Morgan fingerprint density at radius 3 is 2.43 bits per heavy atom. The van der Waals surface area contributed by atoms with Crippen LogP contribution in [0, 0.1) is 0 Å². The molecule has 2 heterocycles. The van der Waals surface area contributed by atoms with Gasteiger partial charge in [-0.05, 0) is 41.5 Å². The van der Waals surface area contributed by atoms with Crippen LogP contribution in [0.15, 0.2) is 73.3 Å². The van der Waals surface area contributed by atoms with Gasteiger partial charge in [0, 0.05) is 24.8 Å². The van der Waals surface area contributed by atoms with Crippen molar-refractivity contribution in [1.29, 1.82) is 0 Å². The van der Waals surface area contributed by atoms with E-state index in [-0.39, 0.29) is 0 Å². The molecular formula is C17H12N4. The fourth-order valence-corrected chi connectivity index (χ4v) is 2.39. The summed E-state index contributed by atoms with van der Waals surface area (Å²) < 4.78 is 1.85. The first-order valence-corrected chi connectivity index (χ1v) is 6.71. The van der Waals surface area contributed by atoms with Crippen molar-refractivity contribution in [3.8, 4) is 16.8 Å². The molecule has 4 nitrogen and oxygen atoms in total. The lowest BCUT2D eigenvalue weighted by atomic mass is 10.0. The molecule has 0 N–H and O–H groups in total. The number of hydrogen-bond acceptors (Lipinski definition) is 3. The maximum Gasteiger partial charge on any atom is 0.0892 e. The SMILES string of the molecule is c1cc(-c2ccc3nccnc3c2)cc(-n2cccn2)c1. The Bertz CT molecular complexity index is 897. The molecule has 0 amide bonds. The Balaban J connectivity index is 1.83. The molecule has 4 heteroatoms. The summed E-state index contributed by atoms with van der Waals surface area (Å²) in [4.78, 5) is 8.66. The molecule has 2 aromatic heterocycles. The summed E-state index contributed by atoms with van der Waals surface area (Å²) in [7, 11) is 0. The van der Waals surface area contributed by atoms with E-state index in [9.17, 15) is 0 Å². The zero-order valence-corrected chi connectivity index (χ0v) is 11.2. The van der Waals surface area contributed by atoms with Gasteiger partial charge >= 0.3 is 0 Å². The van der Waals surface area contributed by atoms with Gasteiger partial charge in [0.25, 0.3) is 0 Å². The van der Waals surface area contributed by atoms with Crippen LogP contribution >= 0.6 is 0 Å². The van der Waals surface area contributed by atoms with E-state index in [1.54, 1.807) is 18.6 Å². The summed E-state index contributed by atoms with van der Waals surface area (Å²) in [6.45, 7) is 0. The highest BCUT2D eigenvalue weighted by Gasteiger charge is 2.03. The highest BCUT2D eigenvalue weighted by Crippen LogP contribution is 2.24. The predicted molar refractivity (Wildman–Crippen MR) is 82.1 cm³/mol. The third-order valence-corrected chi connectivity index (χ3v) is 3.42. The van der Waals surface area contributed by atoms with Crippen LogP contribution in [0.4, 0.5) is 0 Å². The molecule has 0 spiro atoms. The summed E-state index contributed by atoms with van der Waals surface area (Å²) in [5, 5.41) is 4.27. The first kappa shape index (κ1) is 11.8. The second-order valence-corrected chi connectivity index (χ2v) is 4.76. The van der Waals surface area contributed by atoms with Crippen molar-refractivity contribution >= 4 is 11.0 Å². The Kier molecular flexibility index (Phi) is 2.71. The quantitative estimate of drug-likeness (QED) is 0.561. The van der Waals surface area contributed by atoms with E-state index in [0.717, 1.165) is 27.8 Å². The van der Waals surface area contributed by atoms with Crippen molar-refractivity contribution in [3.05, 3.63) is 73.3 Å². The fraction of sp³-hybridized carbons (Fsp3) is 0. The third-order valence-electron chi connectivity index (χ3n) is 3.42. The van der Waals surface area contributed by atoms with E-state index in [4.69, 9.17) is 0 Å². The van der Waals surface area contributed by atoms with Gasteiger partial charge in [0.15, 0.2) is 0 Å². The molecule has 0 atom stereocenters. The maximum absolute atomic E-state index is 4.36. The average Bonchev–Trinajstić information content (AvgIpc) is 3.09. The van der Waals surface area contributed by atoms with Crippen molar-refractivity contribution in [3.63, 3.8) is 0 Å². The number of hydrogen-bond donors (Lipinski definition) is 0. The lowest BCUT2D eigenvalue weighted by molar-refractivity contribution is 0.881. The Labute approximate surface area is 121 Å². The molecule has 0 aliphatic rings. The van der Waals surface area contributed by atoms with Crippen molar-refractivity contribution in [2.45, 2.75) is 0 Å². The summed E-state index contributed by atoms with van der Waals surface area (Å²) in [6, 6.07) is 16.3. The molecule has 0 radical (unpaired) electrons. The maximum atomic E-state index is 4.36. The summed E-state index contributed by atoms with van der Waals surface area (Å²) in [5.74, 6) is 0. The molecule has 0 unspecified atom stereocenters. The molecule has 4 aromatic rings. The van der Waals surface area contributed by atoms with Crippen LogP contribution in [-0.4, -0.2) is 19.7 Å². The van der Waals surface area contributed by atoms with E-state index in [1.165, 1.54) is 0 Å². The van der Waals surface area contributed by atoms with Crippen LogP contribution in [0.2, 0.25) is 0 Å². The highest BCUT2D eigenvalue weighted by atomic mass is 15.3. The molecule has 0 aliphatic carbocycles. The van der Waals surface area contributed by atoms with Crippen LogP contribution in [0.25, 0.3) is 27.8 Å². The molecule has 0 saturated heterocycles. The van der Waals surface area contributed by atoms with E-state index in [1.807, 2.05) is 35.1 Å². The molecular weight excluding hydrogens is 260 g/mol. The summed E-state index contributed by atoms with van der Waals surface area (Å²) >= 11 is 0. The van der Waals surface area contributed by atoms with Gasteiger partial charge in [-0.25, -0.2) is 4.68 Å². The molecule has 100 valence electrons. The third kappa shape index (κ3) is 2.17. The minimum atomic E-state index is 0.902. The molecule has 4 rings (SSSR count). The van der Waals surface area contributed by atoms with Gasteiger partial charge in [-0.15, -0.1) is 0 Å². The Morgan fingerprint density at radius 2 is 1.57 bits per heavy atom. The molecule has 0 bridgehead atoms. The molecule has 0 aliphatic heterocycles. The van der Waals surface area contributed by atoms with Gasteiger partial charge in [0.05, 0.1) is 16.7 Å². The zero-order valence-electron chi connectivity index (χ0n) is 11.2. The highest BCUT2D eigenvalue weighted by molar-refractivity contribution is 5.81. The lowest BCUT2D eigenvalue weighted by Crippen LogP contribution is -1.94. The molecule has 0 saturated carbocycles. The smallest absolute Gasteiger partial charge is 0.0892 e. The topological polar surface area (TPSA) is 43.6 Å². The minimum Gasteiger partial charge on any atom is -0.253 e. The average molecular weight is 272 g/mol. The monoisotopic (exact) mass is 272 g/mol. The van der Waals surface area contributed by atoms with Crippen molar-refractivity contribution in [2.75, 3.05) is 0 Å². The van der Waals surface area contributed by atoms with Crippen LogP contribution in [0.1, 0.15) is 0 Å². The van der Waals surface area contributed by atoms with Gasteiger partial charge in [-0.3, -0.25) is 9.97 Å². The Hall–Kier alpha value is -3.01.